The maximum Gasteiger partial charge on any atom is 0.248 e. The third kappa shape index (κ3) is 4.41. The van der Waals surface area contributed by atoms with Crippen LogP contribution in [0.3, 0.4) is 0 Å². The molecule has 1 fully saturated rings. The van der Waals surface area contributed by atoms with Crippen molar-refractivity contribution in [2.75, 3.05) is 19.0 Å². The molecule has 0 spiro atoms. The quantitative estimate of drug-likeness (QED) is 0.700. The molecule has 0 aliphatic heterocycles. The van der Waals surface area contributed by atoms with Gasteiger partial charge >= 0.3 is 0 Å². The third-order valence-corrected chi connectivity index (χ3v) is 3.40. The molecule has 1 amide bonds. The fourth-order valence-electron chi connectivity index (χ4n) is 2.25. The minimum absolute atomic E-state index is 0.00278. The molecule has 1 aliphatic rings. The van der Waals surface area contributed by atoms with Gasteiger partial charge in [0.25, 0.3) is 0 Å². The van der Waals surface area contributed by atoms with Gasteiger partial charge in [-0.15, -0.1) is 11.6 Å². The number of amides is 1. The number of carbonyl (C=O) groups is 1. The molecule has 5 heteroatoms. The summed E-state index contributed by atoms with van der Waals surface area (Å²) in [5.41, 5.74) is 0. The van der Waals surface area contributed by atoms with Crippen LogP contribution in [0.15, 0.2) is 0 Å². The van der Waals surface area contributed by atoms with Gasteiger partial charge in [0.15, 0.2) is 0 Å². The molecule has 17 heavy (non-hydrogen) atoms. The van der Waals surface area contributed by atoms with E-state index in [1.165, 1.54) is 0 Å². The zero-order chi connectivity index (χ0) is 12.9. The molecule has 2 nitrogen and oxygen atoms in total. The smallest absolute Gasteiger partial charge is 0.248 e. The van der Waals surface area contributed by atoms with Crippen LogP contribution in [0.5, 0.6) is 0 Å². The van der Waals surface area contributed by atoms with E-state index in [1.54, 1.807) is 4.90 Å². The van der Waals surface area contributed by atoms with Crippen LogP contribution in [0.2, 0.25) is 0 Å². The first-order valence-corrected chi connectivity index (χ1v) is 6.76. The van der Waals surface area contributed by atoms with Gasteiger partial charge in [-0.05, 0) is 19.3 Å². The van der Waals surface area contributed by atoms with Crippen LogP contribution < -0.4 is 0 Å². The average molecular weight is 268 g/mol. The summed E-state index contributed by atoms with van der Waals surface area (Å²) in [4.78, 5) is 13.8. The molecule has 0 unspecified atom stereocenters. The fourth-order valence-corrected chi connectivity index (χ4v) is 2.45. The topological polar surface area (TPSA) is 20.3 Å². The predicted molar refractivity (Wildman–Crippen MR) is 64.5 cm³/mol. The summed E-state index contributed by atoms with van der Waals surface area (Å²) in [5.74, 6) is -2.40. The molecule has 1 aliphatic carbocycles. The Morgan fingerprint density at radius 3 is 2.41 bits per heavy atom. The first kappa shape index (κ1) is 14.7. The lowest BCUT2D eigenvalue weighted by molar-refractivity contribution is -0.139. The second-order valence-corrected chi connectivity index (χ2v) is 5.02. The number of hydrogen-bond donors (Lipinski definition) is 0. The lowest BCUT2D eigenvalue weighted by Crippen LogP contribution is -2.40. The van der Waals surface area contributed by atoms with E-state index in [-0.39, 0.29) is 24.7 Å². The number of hydrogen-bond acceptors (Lipinski definition) is 1. The van der Waals surface area contributed by atoms with Gasteiger partial charge in [-0.1, -0.05) is 6.92 Å². The molecular weight excluding hydrogens is 248 g/mol. The van der Waals surface area contributed by atoms with Crippen LogP contribution in [0.25, 0.3) is 0 Å². The molecule has 0 radical (unpaired) electrons. The Hall–Kier alpha value is -0.380. The number of nitrogens with zero attached hydrogens (tertiary/aromatic N) is 1. The van der Waals surface area contributed by atoms with Crippen molar-refractivity contribution in [2.24, 2.45) is 5.92 Å². The maximum absolute atomic E-state index is 13.0. The molecule has 0 atom stereocenters. The Balaban J connectivity index is 2.51. The Kier molecular flexibility index (Phi) is 5.63. The van der Waals surface area contributed by atoms with Gasteiger partial charge in [-0.25, -0.2) is 8.78 Å². The normalized spacial score (nSPS) is 20.2. The molecular formula is C12H20ClF2NO. The highest BCUT2D eigenvalue weighted by molar-refractivity contribution is 6.18. The average Bonchev–Trinajstić information content (AvgIpc) is 2.28. The van der Waals surface area contributed by atoms with Gasteiger partial charge in [0.1, 0.15) is 0 Å². The van der Waals surface area contributed by atoms with Crippen LogP contribution in [-0.4, -0.2) is 35.7 Å². The monoisotopic (exact) mass is 267 g/mol. The van der Waals surface area contributed by atoms with E-state index in [1.807, 2.05) is 6.92 Å². The lowest BCUT2D eigenvalue weighted by atomic mass is 9.86. The van der Waals surface area contributed by atoms with Gasteiger partial charge in [-0.2, -0.15) is 0 Å². The van der Waals surface area contributed by atoms with E-state index in [2.05, 4.69) is 0 Å². The summed E-state index contributed by atoms with van der Waals surface area (Å²) in [5, 5.41) is 0. The zero-order valence-electron chi connectivity index (χ0n) is 10.2. The first-order chi connectivity index (χ1) is 8.00. The van der Waals surface area contributed by atoms with E-state index in [9.17, 15) is 13.6 Å². The van der Waals surface area contributed by atoms with E-state index in [0.717, 1.165) is 6.42 Å². The van der Waals surface area contributed by atoms with Gasteiger partial charge in [-0.3, -0.25) is 4.79 Å². The minimum atomic E-state index is -2.57. The van der Waals surface area contributed by atoms with Gasteiger partial charge in [0.2, 0.25) is 11.8 Å². The number of alkyl halides is 3. The molecule has 0 aromatic rings. The van der Waals surface area contributed by atoms with Crippen molar-refractivity contribution in [1.82, 2.24) is 4.90 Å². The van der Waals surface area contributed by atoms with Crippen molar-refractivity contribution < 1.29 is 13.6 Å². The van der Waals surface area contributed by atoms with Gasteiger partial charge in [0, 0.05) is 37.7 Å². The Morgan fingerprint density at radius 2 is 1.94 bits per heavy atom. The number of carbonyl (C=O) groups excluding carboxylic acids is 1. The Labute approximate surface area is 106 Å². The number of rotatable bonds is 5. The van der Waals surface area contributed by atoms with E-state index >= 15 is 0 Å². The maximum atomic E-state index is 13.0. The summed E-state index contributed by atoms with van der Waals surface area (Å²) in [7, 11) is 0. The third-order valence-electron chi connectivity index (χ3n) is 3.23. The second-order valence-electron chi connectivity index (χ2n) is 4.64. The largest absolute Gasteiger partial charge is 0.341 e. The van der Waals surface area contributed by atoms with Gasteiger partial charge in [0.05, 0.1) is 0 Å². The lowest BCUT2D eigenvalue weighted by Gasteiger charge is -2.31. The highest BCUT2D eigenvalue weighted by Crippen LogP contribution is 2.36. The Bertz CT molecular complexity index is 245. The molecule has 0 heterocycles. The van der Waals surface area contributed by atoms with Crippen molar-refractivity contribution in [3.05, 3.63) is 0 Å². The molecule has 0 aromatic heterocycles. The van der Waals surface area contributed by atoms with Crippen molar-refractivity contribution in [3.63, 3.8) is 0 Å². The van der Waals surface area contributed by atoms with Crippen molar-refractivity contribution >= 4 is 17.5 Å². The molecule has 0 aromatic carbocycles. The summed E-state index contributed by atoms with van der Waals surface area (Å²) in [6, 6.07) is 0. The first-order valence-electron chi connectivity index (χ1n) is 6.22. The summed E-state index contributed by atoms with van der Waals surface area (Å²) >= 11 is 5.65. The summed E-state index contributed by atoms with van der Waals surface area (Å²) in [6.07, 6.45) is 1.14. The predicted octanol–water partition coefficient (Wildman–Crippen LogP) is 3.29. The van der Waals surface area contributed by atoms with Crippen LogP contribution in [0.4, 0.5) is 8.78 Å². The van der Waals surface area contributed by atoms with Crippen molar-refractivity contribution in [3.8, 4) is 0 Å². The summed E-state index contributed by atoms with van der Waals surface area (Å²) < 4.78 is 26.0. The van der Waals surface area contributed by atoms with Gasteiger partial charge < -0.3 is 4.90 Å². The highest BCUT2D eigenvalue weighted by Gasteiger charge is 2.38. The second kappa shape index (κ2) is 6.53. The van der Waals surface area contributed by atoms with E-state index in [0.29, 0.717) is 31.8 Å². The molecule has 1 rings (SSSR count). The van der Waals surface area contributed by atoms with Crippen LogP contribution in [-0.2, 0) is 4.79 Å². The SMILES string of the molecule is CCCN(CCCl)C(=O)C1CCC(F)(F)CC1. The Morgan fingerprint density at radius 1 is 1.35 bits per heavy atom. The zero-order valence-corrected chi connectivity index (χ0v) is 11.0. The summed E-state index contributed by atoms with van der Waals surface area (Å²) in [6.45, 7) is 3.17. The van der Waals surface area contributed by atoms with Crippen molar-refractivity contribution in [2.45, 2.75) is 45.0 Å². The van der Waals surface area contributed by atoms with Crippen LogP contribution in [0.1, 0.15) is 39.0 Å². The molecule has 0 saturated heterocycles. The van der Waals surface area contributed by atoms with E-state index < -0.39 is 5.92 Å². The van der Waals surface area contributed by atoms with Crippen LogP contribution in [0, 0.1) is 5.92 Å². The van der Waals surface area contributed by atoms with Crippen LogP contribution >= 0.6 is 11.6 Å². The molecule has 100 valence electrons. The highest BCUT2D eigenvalue weighted by atomic mass is 35.5. The van der Waals surface area contributed by atoms with E-state index in [4.69, 9.17) is 11.6 Å². The molecule has 0 bridgehead atoms. The standard InChI is InChI=1S/C12H20ClF2NO/c1-2-8-16(9-7-13)11(17)10-3-5-12(14,15)6-4-10/h10H,2-9H2,1H3. The van der Waals surface area contributed by atoms with Crippen molar-refractivity contribution in [1.29, 1.82) is 0 Å². The minimum Gasteiger partial charge on any atom is -0.341 e. The molecule has 1 saturated carbocycles. The molecule has 0 N–H and O–H groups in total. The fraction of sp³-hybridized carbons (Fsp3) is 0.917. The number of halogens is 3.